The van der Waals surface area contributed by atoms with Crippen LogP contribution >= 0.6 is 0 Å². The molecule has 3 heteroatoms. The molecule has 0 saturated carbocycles. The van der Waals surface area contributed by atoms with Crippen molar-refractivity contribution in [3.05, 3.63) is 41.5 Å². The lowest BCUT2D eigenvalue weighted by atomic mass is 10.1. The van der Waals surface area contributed by atoms with Crippen molar-refractivity contribution in [3.8, 4) is 5.75 Å². The van der Waals surface area contributed by atoms with E-state index in [-0.39, 0.29) is 0 Å². The molecule has 1 aliphatic carbocycles. The molecule has 0 aromatic heterocycles. The summed E-state index contributed by atoms with van der Waals surface area (Å²) >= 11 is 0. The van der Waals surface area contributed by atoms with Crippen molar-refractivity contribution < 1.29 is 4.74 Å². The molecule has 0 radical (unpaired) electrons. The Morgan fingerprint density at radius 3 is 3.05 bits per heavy atom. The lowest BCUT2D eigenvalue weighted by Gasteiger charge is -2.26. The van der Waals surface area contributed by atoms with Crippen LogP contribution < -0.4 is 4.74 Å². The minimum atomic E-state index is 0.526. The topological polar surface area (TPSA) is 24.8 Å². The second-order valence-corrected chi connectivity index (χ2v) is 5.55. The van der Waals surface area contributed by atoms with Gasteiger partial charge in [0.25, 0.3) is 0 Å². The molecule has 1 unspecified atom stereocenters. The van der Waals surface area contributed by atoms with Gasteiger partial charge >= 0.3 is 0 Å². The number of hydrogen-bond donors (Lipinski definition) is 0. The average molecular weight is 270 g/mol. The lowest BCUT2D eigenvalue weighted by Crippen LogP contribution is -2.38. The Morgan fingerprint density at radius 1 is 1.35 bits per heavy atom. The van der Waals surface area contributed by atoms with Gasteiger partial charge in [0.1, 0.15) is 18.2 Å². The van der Waals surface area contributed by atoms with Gasteiger partial charge in [-0.25, -0.2) is 0 Å². The smallest absolute Gasteiger partial charge is 0.145 e. The first-order chi connectivity index (χ1) is 9.75. The Kier molecular flexibility index (Phi) is 3.77. The molecule has 20 heavy (non-hydrogen) atoms. The predicted octanol–water partition coefficient (Wildman–Crippen LogP) is 3.11. The van der Waals surface area contributed by atoms with E-state index in [1.807, 2.05) is 12.1 Å². The van der Waals surface area contributed by atoms with Crippen LogP contribution in [0.4, 0.5) is 0 Å². The number of amidine groups is 1. The van der Waals surface area contributed by atoms with Crippen molar-refractivity contribution in [3.63, 3.8) is 0 Å². The maximum atomic E-state index is 5.99. The van der Waals surface area contributed by atoms with Gasteiger partial charge < -0.3 is 9.64 Å². The van der Waals surface area contributed by atoms with Crippen molar-refractivity contribution >= 4 is 5.84 Å². The number of allylic oxidation sites excluding steroid dienone is 1. The molecule has 0 amide bonds. The molecule has 0 fully saturated rings. The van der Waals surface area contributed by atoms with E-state index in [1.54, 1.807) is 0 Å². The number of aryl methyl sites for hydroxylation is 1. The zero-order valence-electron chi connectivity index (χ0n) is 12.3. The summed E-state index contributed by atoms with van der Waals surface area (Å²) in [7, 11) is 0. The van der Waals surface area contributed by atoms with Crippen molar-refractivity contribution in [2.45, 2.75) is 32.7 Å². The molecular formula is C17H22N2O. The van der Waals surface area contributed by atoms with Gasteiger partial charge in [-0.3, -0.25) is 4.99 Å². The second-order valence-electron chi connectivity index (χ2n) is 5.55. The van der Waals surface area contributed by atoms with Gasteiger partial charge in [0.15, 0.2) is 0 Å². The Morgan fingerprint density at radius 2 is 2.25 bits per heavy atom. The van der Waals surface area contributed by atoms with Crippen LogP contribution in [0.2, 0.25) is 0 Å². The fraction of sp³-hybridized carbons (Fsp3) is 0.471. The van der Waals surface area contributed by atoms with E-state index in [1.165, 1.54) is 24.0 Å². The van der Waals surface area contributed by atoms with Crippen LogP contribution in [0.1, 0.15) is 24.0 Å². The summed E-state index contributed by atoms with van der Waals surface area (Å²) in [5, 5.41) is 0. The van der Waals surface area contributed by atoms with Crippen molar-refractivity contribution in [1.29, 1.82) is 0 Å². The van der Waals surface area contributed by atoms with Crippen LogP contribution in [-0.2, 0) is 0 Å². The Hall–Kier alpha value is -1.77. The zero-order chi connectivity index (χ0) is 13.9. The minimum Gasteiger partial charge on any atom is -0.485 e. The summed E-state index contributed by atoms with van der Waals surface area (Å²) in [5.41, 5.74) is 2.49. The van der Waals surface area contributed by atoms with Gasteiger partial charge in [-0.05, 0) is 43.9 Å². The molecular weight excluding hydrogens is 248 g/mol. The van der Waals surface area contributed by atoms with Crippen LogP contribution in [0.3, 0.4) is 0 Å². The van der Waals surface area contributed by atoms with Crippen LogP contribution in [0.15, 0.2) is 35.3 Å². The molecule has 1 aromatic carbocycles. The first kappa shape index (κ1) is 13.2. The first-order valence-corrected chi connectivity index (χ1v) is 7.41. The molecule has 1 aromatic rings. The molecule has 1 atom stereocenters. The Balaban J connectivity index is 1.65. The number of aliphatic imine (C=N–C) groups is 1. The number of ether oxygens (including phenoxy) is 1. The number of hydrogen-bond acceptors (Lipinski definition) is 3. The Bertz CT molecular complexity index is 548. The first-order valence-electron chi connectivity index (χ1n) is 7.41. The molecule has 3 rings (SSSR count). The van der Waals surface area contributed by atoms with Gasteiger partial charge in [-0.1, -0.05) is 24.3 Å². The van der Waals surface area contributed by atoms with Gasteiger partial charge in [-0.15, -0.1) is 0 Å². The highest BCUT2D eigenvalue weighted by atomic mass is 16.5. The molecule has 3 nitrogen and oxygen atoms in total. The van der Waals surface area contributed by atoms with E-state index in [0.717, 1.165) is 24.7 Å². The van der Waals surface area contributed by atoms with Crippen LogP contribution in [0.5, 0.6) is 5.75 Å². The maximum Gasteiger partial charge on any atom is 0.145 e. The van der Waals surface area contributed by atoms with E-state index >= 15 is 0 Å². The summed E-state index contributed by atoms with van der Waals surface area (Å²) in [6, 6.07) is 6.73. The van der Waals surface area contributed by atoms with Crippen molar-refractivity contribution in [2.75, 3.05) is 19.7 Å². The highest BCUT2D eigenvalue weighted by molar-refractivity contribution is 5.85. The highest BCUT2D eigenvalue weighted by Crippen LogP contribution is 2.22. The third-order valence-corrected chi connectivity index (χ3v) is 4.27. The number of nitrogens with zero attached hydrogens (tertiary/aromatic N) is 2. The fourth-order valence-electron chi connectivity index (χ4n) is 2.89. The summed E-state index contributed by atoms with van der Waals surface area (Å²) < 4.78 is 5.99. The van der Waals surface area contributed by atoms with Crippen molar-refractivity contribution in [2.24, 2.45) is 4.99 Å². The summed E-state index contributed by atoms with van der Waals surface area (Å²) in [5.74, 6) is 2.07. The quantitative estimate of drug-likeness (QED) is 0.785. The largest absolute Gasteiger partial charge is 0.485 e. The Labute approximate surface area is 121 Å². The monoisotopic (exact) mass is 270 g/mol. The standard InChI is InChI=1S/C17H22N2O/c1-13-6-5-9-16(14(13)2)20-12-17-18-10-11-19(17)15-7-3-4-8-15/h3,5-7,9,15H,4,8,10-12H2,1-2H3. The normalized spacial score (nSPS) is 21.4. The van der Waals surface area contributed by atoms with E-state index in [4.69, 9.17) is 4.74 Å². The fourth-order valence-corrected chi connectivity index (χ4v) is 2.89. The van der Waals surface area contributed by atoms with Gasteiger partial charge in [-0.2, -0.15) is 0 Å². The van der Waals surface area contributed by atoms with E-state index in [9.17, 15) is 0 Å². The summed E-state index contributed by atoms with van der Waals surface area (Å²) in [4.78, 5) is 7.01. The molecule has 2 aliphatic rings. The predicted molar refractivity (Wildman–Crippen MR) is 82.6 cm³/mol. The zero-order valence-corrected chi connectivity index (χ0v) is 12.3. The molecule has 0 saturated heterocycles. The van der Waals surface area contributed by atoms with Crippen LogP contribution in [0.25, 0.3) is 0 Å². The molecule has 0 N–H and O–H groups in total. The summed E-state index contributed by atoms with van der Waals surface area (Å²) in [6.45, 7) is 6.73. The SMILES string of the molecule is Cc1cccc(OCC2=NCCN2C2C=CCC2)c1C. The van der Waals surface area contributed by atoms with Crippen molar-refractivity contribution in [1.82, 2.24) is 4.90 Å². The lowest BCUT2D eigenvalue weighted by molar-refractivity contribution is 0.324. The molecule has 106 valence electrons. The third kappa shape index (κ3) is 2.58. The molecule has 1 heterocycles. The highest BCUT2D eigenvalue weighted by Gasteiger charge is 2.25. The van der Waals surface area contributed by atoms with Crippen LogP contribution in [-0.4, -0.2) is 36.5 Å². The van der Waals surface area contributed by atoms with Gasteiger partial charge in [0.05, 0.1) is 6.54 Å². The number of rotatable bonds is 4. The van der Waals surface area contributed by atoms with E-state index in [0.29, 0.717) is 12.6 Å². The maximum absolute atomic E-state index is 5.99. The average Bonchev–Trinajstić information content (AvgIpc) is 3.10. The number of benzene rings is 1. The van der Waals surface area contributed by atoms with Crippen LogP contribution in [0, 0.1) is 13.8 Å². The van der Waals surface area contributed by atoms with Gasteiger partial charge in [0, 0.05) is 12.6 Å². The van der Waals surface area contributed by atoms with E-state index in [2.05, 4.69) is 42.0 Å². The molecule has 0 spiro atoms. The minimum absolute atomic E-state index is 0.526. The van der Waals surface area contributed by atoms with E-state index < -0.39 is 0 Å². The van der Waals surface area contributed by atoms with Gasteiger partial charge in [0.2, 0.25) is 0 Å². The third-order valence-electron chi connectivity index (χ3n) is 4.27. The summed E-state index contributed by atoms with van der Waals surface area (Å²) in [6.07, 6.45) is 6.97. The second kappa shape index (κ2) is 5.70. The molecule has 1 aliphatic heterocycles. The molecule has 0 bridgehead atoms.